The first-order valence-electron chi connectivity index (χ1n) is 39.1. The van der Waals surface area contributed by atoms with E-state index in [9.17, 15) is 0 Å². The smallest absolute Gasteiger partial charge is 0.0540 e. The first kappa shape index (κ1) is 67.4. The molecule has 0 amide bonds. The second-order valence-corrected chi connectivity index (χ2v) is 31.0. The van der Waals surface area contributed by atoms with Crippen molar-refractivity contribution in [1.29, 1.82) is 0 Å². The highest BCUT2D eigenvalue weighted by molar-refractivity contribution is 6.09. The van der Waals surface area contributed by atoms with Crippen molar-refractivity contribution < 1.29 is 0 Å². The van der Waals surface area contributed by atoms with E-state index in [0.29, 0.717) is 0 Å². The number of para-hydroxylation sites is 2. The van der Waals surface area contributed by atoms with E-state index in [1.54, 1.807) is 0 Å². The largest absolute Gasteiger partial charge is 0.310 e. The van der Waals surface area contributed by atoms with Crippen LogP contribution in [0, 0.1) is 0 Å². The van der Waals surface area contributed by atoms with Gasteiger partial charge >= 0.3 is 0 Å². The second kappa shape index (κ2) is 27.6. The monoisotopic (exact) mass is 1430 g/mol. The Morgan fingerprint density at radius 3 is 1.08 bits per heavy atom. The Morgan fingerprint density at radius 2 is 0.536 bits per heavy atom. The van der Waals surface area contributed by atoms with Crippen LogP contribution in [0.15, 0.2) is 413 Å². The maximum absolute atomic E-state index is 2.51. The number of anilines is 6. The van der Waals surface area contributed by atoms with Crippen molar-refractivity contribution >= 4 is 55.7 Å². The Bertz CT molecular complexity index is 6670. The summed E-state index contributed by atoms with van der Waals surface area (Å²) in [6, 6.07) is 153. The number of hydrogen-bond acceptors (Lipinski definition) is 2. The molecule has 2 nitrogen and oxygen atoms in total. The van der Waals surface area contributed by atoms with Crippen LogP contribution in [0.2, 0.25) is 0 Å². The average molecular weight is 1430 g/mol. The summed E-state index contributed by atoms with van der Waals surface area (Å²) >= 11 is 0. The Labute approximate surface area is 656 Å². The van der Waals surface area contributed by atoms with Gasteiger partial charge < -0.3 is 9.80 Å². The van der Waals surface area contributed by atoms with Gasteiger partial charge in [0, 0.05) is 44.4 Å². The van der Waals surface area contributed by atoms with E-state index in [1.165, 1.54) is 116 Å². The van der Waals surface area contributed by atoms with Gasteiger partial charge in [-0.15, -0.1) is 0 Å². The lowest BCUT2D eigenvalue weighted by molar-refractivity contribution is 0.660. The minimum Gasteiger partial charge on any atom is -0.310 e. The lowest BCUT2D eigenvalue weighted by atomic mass is 9.82. The molecule has 0 saturated heterocycles. The predicted molar refractivity (Wildman–Crippen MR) is 475 cm³/mol. The van der Waals surface area contributed by atoms with Crippen molar-refractivity contribution in [3.63, 3.8) is 0 Å². The molecule has 0 atom stereocenters. The summed E-state index contributed by atoms with van der Waals surface area (Å²) in [7, 11) is 0. The molecule has 18 aromatic rings. The zero-order valence-corrected chi connectivity index (χ0v) is 63.2. The highest BCUT2D eigenvalue weighted by atomic mass is 15.2. The van der Waals surface area contributed by atoms with E-state index in [1.807, 2.05) is 0 Å². The molecule has 0 bridgehead atoms. The van der Waals surface area contributed by atoms with E-state index in [2.05, 4.69) is 450 Å². The summed E-state index contributed by atoms with van der Waals surface area (Å²) in [6.07, 6.45) is 0. The Kier molecular flexibility index (Phi) is 16.6. The second-order valence-electron chi connectivity index (χ2n) is 31.0. The number of nitrogens with zero attached hydrogens (tertiary/aromatic N) is 2. The van der Waals surface area contributed by atoms with Crippen LogP contribution >= 0.6 is 0 Å². The van der Waals surface area contributed by atoms with Gasteiger partial charge in [-0.1, -0.05) is 367 Å². The topological polar surface area (TPSA) is 6.48 Å². The maximum Gasteiger partial charge on any atom is 0.0540 e. The maximum atomic E-state index is 2.51. The van der Waals surface area contributed by atoms with Gasteiger partial charge in [0.05, 0.1) is 17.1 Å². The van der Waals surface area contributed by atoms with Gasteiger partial charge in [0.25, 0.3) is 0 Å². The summed E-state index contributed by atoms with van der Waals surface area (Å²) in [5.41, 5.74) is 38.0. The molecule has 112 heavy (non-hydrogen) atoms. The fraction of sp³-hybridized carbons (Fsp3) is 0.0545. The summed E-state index contributed by atoms with van der Waals surface area (Å²) < 4.78 is 0. The molecule has 0 aromatic heterocycles. The van der Waals surface area contributed by atoms with Gasteiger partial charge in [-0.2, -0.15) is 0 Å². The SMILES string of the molecule is CC1(C)c2ccccc2-c2c(-c3ccccc3N(c3ccc(-c4ccc(-c5ccccc5)c(-c5cccc(-c6ccc(N(c7ccc(-c8ccc(-c9ccccc9)c(-c9ccccc9)c8)cc7)c7ccccc7-c7cccc8c7-c7ccccc7C8(C)C)c7ccccc67)c5)c4)cc3)c3ccc4ccccc4c3)cccc21. The van der Waals surface area contributed by atoms with Crippen LogP contribution < -0.4 is 9.80 Å². The molecular formula is C110H80N2. The summed E-state index contributed by atoms with van der Waals surface area (Å²) in [5.74, 6) is 0. The normalized spacial score (nSPS) is 12.8. The van der Waals surface area contributed by atoms with Crippen molar-refractivity contribution in [2.75, 3.05) is 9.80 Å². The van der Waals surface area contributed by atoms with Gasteiger partial charge in [0.15, 0.2) is 0 Å². The Hall–Kier alpha value is -13.9. The van der Waals surface area contributed by atoms with E-state index in [-0.39, 0.29) is 10.8 Å². The molecule has 0 aliphatic heterocycles. The molecule has 0 fully saturated rings. The Morgan fingerprint density at radius 1 is 0.170 bits per heavy atom. The quantitative estimate of drug-likeness (QED) is 0.101. The van der Waals surface area contributed by atoms with Crippen LogP contribution in [0.25, 0.3) is 144 Å². The van der Waals surface area contributed by atoms with Crippen LogP contribution in [0.1, 0.15) is 49.9 Å². The van der Waals surface area contributed by atoms with Gasteiger partial charge in [-0.05, 0) is 222 Å². The van der Waals surface area contributed by atoms with Crippen LogP contribution in [-0.4, -0.2) is 0 Å². The first-order chi connectivity index (χ1) is 55.1. The number of hydrogen-bond donors (Lipinski definition) is 0. The Balaban J connectivity index is 0.698. The van der Waals surface area contributed by atoms with E-state index in [4.69, 9.17) is 0 Å². The molecule has 20 rings (SSSR count). The third-order valence-electron chi connectivity index (χ3n) is 23.9. The van der Waals surface area contributed by atoms with Gasteiger partial charge in [0.2, 0.25) is 0 Å². The molecule has 2 aliphatic rings. The highest BCUT2D eigenvalue weighted by Crippen LogP contribution is 2.57. The number of fused-ring (bicyclic) bond motifs is 8. The molecule has 0 radical (unpaired) electrons. The third-order valence-corrected chi connectivity index (χ3v) is 23.9. The molecule has 2 heteroatoms. The third kappa shape index (κ3) is 11.6. The fourth-order valence-corrected chi connectivity index (χ4v) is 18.4. The summed E-state index contributed by atoms with van der Waals surface area (Å²) in [6.45, 7) is 9.48. The molecule has 0 heterocycles. The molecule has 0 unspecified atom stereocenters. The van der Waals surface area contributed by atoms with E-state index < -0.39 is 0 Å². The molecule has 0 spiro atoms. The lowest BCUT2D eigenvalue weighted by Gasteiger charge is -2.30. The zero-order chi connectivity index (χ0) is 75.0. The molecule has 0 N–H and O–H groups in total. The van der Waals surface area contributed by atoms with Gasteiger partial charge in [-0.25, -0.2) is 0 Å². The lowest BCUT2D eigenvalue weighted by Crippen LogP contribution is -2.15. The van der Waals surface area contributed by atoms with Crippen LogP contribution in [0.4, 0.5) is 34.1 Å². The summed E-state index contributed by atoms with van der Waals surface area (Å²) in [5, 5.41) is 4.72. The highest BCUT2D eigenvalue weighted by Gasteiger charge is 2.39. The predicted octanol–water partition coefficient (Wildman–Crippen LogP) is 30.5. The van der Waals surface area contributed by atoms with Crippen molar-refractivity contribution in [2.45, 2.75) is 38.5 Å². The first-order valence-corrected chi connectivity index (χ1v) is 39.1. The van der Waals surface area contributed by atoms with E-state index in [0.717, 1.165) is 84.0 Å². The zero-order valence-electron chi connectivity index (χ0n) is 63.2. The van der Waals surface area contributed by atoms with Crippen molar-refractivity contribution in [3.05, 3.63) is 435 Å². The summed E-state index contributed by atoms with van der Waals surface area (Å²) in [4.78, 5) is 4.97. The van der Waals surface area contributed by atoms with Crippen molar-refractivity contribution in [1.82, 2.24) is 0 Å². The standard InChI is InChI=1S/C110H80N2/c1-109(2)100-47-22-18-43-96(100)107-94(45-27-49-102(107)109)92-41-20-24-51-104(92)111(86-64-57-73-29-14-15-36-79(73)70-86)84-60-53-74(54-61-84)81-59-66-88(77-32-10-6-11-33-77)99(72-81)83-38-26-37-82(69-83)89-67-68-106(91-40-17-16-39-90(89)91)112(105-52-25-21-42-93(105)95-46-28-50-103-108(95)97-44-19-23-48-101(97)110(103,3)4)85-62-55-75(56-63-85)80-58-65-87(76-30-8-5-9-31-76)98(71-80)78-34-12-7-13-35-78/h5-72H,1-4H3. The minimum absolute atomic E-state index is 0.131. The average Bonchev–Trinajstić information content (AvgIpc) is 1.54. The molecular weight excluding hydrogens is 1350 g/mol. The van der Waals surface area contributed by atoms with Gasteiger partial charge in [0.1, 0.15) is 0 Å². The fourth-order valence-electron chi connectivity index (χ4n) is 18.4. The van der Waals surface area contributed by atoms with Crippen LogP contribution in [0.3, 0.4) is 0 Å². The van der Waals surface area contributed by atoms with Crippen molar-refractivity contribution in [2.24, 2.45) is 0 Å². The number of benzene rings is 18. The van der Waals surface area contributed by atoms with Crippen molar-refractivity contribution in [3.8, 4) is 122 Å². The number of rotatable bonds is 15. The van der Waals surface area contributed by atoms with Gasteiger partial charge in [-0.3, -0.25) is 0 Å². The minimum atomic E-state index is -0.164. The molecule has 0 saturated carbocycles. The van der Waals surface area contributed by atoms with E-state index >= 15 is 0 Å². The van der Waals surface area contributed by atoms with Crippen LogP contribution in [-0.2, 0) is 10.8 Å². The molecule has 2 aliphatic carbocycles. The molecule has 18 aromatic carbocycles. The van der Waals surface area contributed by atoms with Crippen LogP contribution in [0.5, 0.6) is 0 Å². The molecule has 530 valence electrons.